The summed E-state index contributed by atoms with van der Waals surface area (Å²) < 4.78 is 0.986. The molecule has 4 heteroatoms. The summed E-state index contributed by atoms with van der Waals surface area (Å²) in [7, 11) is 0. The van der Waals surface area contributed by atoms with Crippen LogP contribution in [-0.4, -0.2) is 11.3 Å². The predicted molar refractivity (Wildman–Crippen MR) is 66.0 cm³/mol. The number of amides is 1. The zero-order valence-electron chi connectivity index (χ0n) is 8.63. The standard InChI is InChI=1S/C11H13BrClNO/c1-7(13)11(15)14-8(2)9-5-3-4-6-10(9)12/h3-8H,1-2H3,(H,14,15)/t7?,8-/m0/s1. The van der Waals surface area contributed by atoms with Crippen molar-refractivity contribution in [2.45, 2.75) is 25.3 Å². The monoisotopic (exact) mass is 289 g/mol. The summed E-state index contributed by atoms with van der Waals surface area (Å²) in [5.74, 6) is -0.153. The molecule has 2 atom stereocenters. The quantitative estimate of drug-likeness (QED) is 0.851. The molecule has 2 nitrogen and oxygen atoms in total. The minimum atomic E-state index is -0.505. The van der Waals surface area contributed by atoms with E-state index in [0.29, 0.717) is 0 Å². The van der Waals surface area contributed by atoms with Crippen molar-refractivity contribution in [3.63, 3.8) is 0 Å². The Morgan fingerprint density at radius 3 is 2.53 bits per heavy atom. The van der Waals surface area contributed by atoms with E-state index in [2.05, 4.69) is 21.2 Å². The van der Waals surface area contributed by atoms with Gasteiger partial charge < -0.3 is 5.32 Å². The smallest absolute Gasteiger partial charge is 0.238 e. The van der Waals surface area contributed by atoms with Crippen molar-refractivity contribution < 1.29 is 4.79 Å². The van der Waals surface area contributed by atoms with E-state index in [9.17, 15) is 4.79 Å². The first-order valence-corrected chi connectivity index (χ1v) is 5.94. The van der Waals surface area contributed by atoms with E-state index in [1.165, 1.54) is 0 Å². The summed E-state index contributed by atoms with van der Waals surface area (Å²) in [6.45, 7) is 3.58. The molecule has 0 bridgehead atoms. The van der Waals surface area contributed by atoms with E-state index in [0.717, 1.165) is 10.0 Å². The lowest BCUT2D eigenvalue weighted by Gasteiger charge is -2.16. The molecule has 15 heavy (non-hydrogen) atoms. The molecule has 0 aliphatic rings. The molecule has 0 aliphatic heterocycles. The Hall–Kier alpha value is -0.540. The van der Waals surface area contributed by atoms with Crippen molar-refractivity contribution >= 4 is 33.4 Å². The van der Waals surface area contributed by atoms with Crippen LogP contribution in [0.15, 0.2) is 28.7 Å². The summed E-state index contributed by atoms with van der Waals surface area (Å²) in [6.07, 6.45) is 0. The fourth-order valence-corrected chi connectivity index (χ4v) is 1.92. The Morgan fingerprint density at radius 1 is 1.40 bits per heavy atom. The molecule has 0 saturated carbocycles. The van der Waals surface area contributed by atoms with Gasteiger partial charge in [-0.25, -0.2) is 0 Å². The minimum Gasteiger partial charge on any atom is -0.348 e. The second-order valence-corrected chi connectivity index (χ2v) is 4.88. The van der Waals surface area contributed by atoms with Gasteiger partial charge in [0.1, 0.15) is 5.38 Å². The van der Waals surface area contributed by atoms with Crippen LogP contribution in [0.1, 0.15) is 25.5 Å². The van der Waals surface area contributed by atoms with Crippen molar-refractivity contribution in [2.75, 3.05) is 0 Å². The first-order valence-electron chi connectivity index (χ1n) is 4.71. The van der Waals surface area contributed by atoms with Crippen molar-refractivity contribution in [3.8, 4) is 0 Å². The van der Waals surface area contributed by atoms with Gasteiger partial charge in [0.2, 0.25) is 5.91 Å². The van der Waals surface area contributed by atoms with E-state index < -0.39 is 5.38 Å². The average molecular weight is 291 g/mol. The van der Waals surface area contributed by atoms with Gasteiger partial charge in [-0.2, -0.15) is 0 Å². The normalized spacial score (nSPS) is 14.4. The number of carbonyl (C=O) groups excluding carboxylic acids is 1. The fourth-order valence-electron chi connectivity index (χ4n) is 1.23. The van der Waals surface area contributed by atoms with E-state index in [-0.39, 0.29) is 11.9 Å². The number of rotatable bonds is 3. The minimum absolute atomic E-state index is 0.0470. The Balaban J connectivity index is 2.73. The van der Waals surface area contributed by atoms with Crippen LogP contribution in [0.25, 0.3) is 0 Å². The Labute approximate surface area is 103 Å². The zero-order valence-corrected chi connectivity index (χ0v) is 11.0. The largest absolute Gasteiger partial charge is 0.348 e. The number of hydrogen-bond acceptors (Lipinski definition) is 1. The lowest BCUT2D eigenvalue weighted by molar-refractivity contribution is -0.121. The maximum atomic E-state index is 11.4. The molecule has 0 radical (unpaired) electrons. The molecule has 1 rings (SSSR count). The topological polar surface area (TPSA) is 29.1 Å². The lowest BCUT2D eigenvalue weighted by atomic mass is 10.1. The molecule has 0 aromatic heterocycles. The summed E-state index contributed by atoms with van der Waals surface area (Å²) in [5, 5.41) is 2.33. The van der Waals surface area contributed by atoms with Gasteiger partial charge in [-0.15, -0.1) is 11.6 Å². The van der Waals surface area contributed by atoms with Crippen LogP contribution < -0.4 is 5.32 Å². The second kappa shape index (κ2) is 5.52. The van der Waals surface area contributed by atoms with Gasteiger partial charge >= 0.3 is 0 Å². The van der Waals surface area contributed by atoms with Crippen LogP contribution in [0.5, 0.6) is 0 Å². The number of hydrogen-bond donors (Lipinski definition) is 1. The number of alkyl halides is 1. The average Bonchev–Trinajstić information content (AvgIpc) is 2.18. The molecule has 1 aromatic carbocycles. The lowest BCUT2D eigenvalue weighted by Crippen LogP contribution is -2.32. The Morgan fingerprint density at radius 2 is 2.00 bits per heavy atom. The van der Waals surface area contributed by atoms with Crippen LogP contribution in [0.2, 0.25) is 0 Å². The molecule has 1 N–H and O–H groups in total. The molecule has 0 aliphatic carbocycles. The van der Waals surface area contributed by atoms with Gasteiger partial charge in [0.05, 0.1) is 6.04 Å². The summed E-state index contributed by atoms with van der Waals surface area (Å²) in [4.78, 5) is 11.4. The number of halogens is 2. The molecular formula is C11H13BrClNO. The van der Waals surface area contributed by atoms with Crippen LogP contribution in [0, 0.1) is 0 Å². The number of benzene rings is 1. The highest BCUT2D eigenvalue weighted by Crippen LogP contribution is 2.22. The van der Waals surface area contributed by atoms with Gasteiger partial charge in [-0.05, 0) is 25.5 Å². The fraction of sp³-hybridized carbons (Fsp3) is 0.364. The molecule has 0 spiro atoms. The van der Waals surface area contributed by atoms with Crippen molar-refractivity contribution in [1.29, 1.82) is 0 Å². The maximum Gasteiger partial charge on any atom is 0.238 e. The third kappa shape index (κ3) is 3.50. The molecule has 1 aromatic rings. The highest BCUT2D eigenvalue weighted by atomic mass is 79.9. The second-order valence-electron chi connectivity index (χ2n) is 3.37. The molecule has 0 heterocycles. The van der Waals surface area contributed by atoms with Crippen molar-refractivity contribution in [1.82, 2.24) is 5.32 Å². The zero-order chi connectivity index (χ0) is 11.4. The van der Waals surface area contributed by atoms with E-state index >= 15 is 0 Å². The van der Waals surface area contributed by atoms with Gasteiger partial charge in [0.25, 0.3) is 0 Å². The highest BCUT2D eigenvalue weighted by Gasteiger charge is 2.14. The Kier molecular flexibility index (Phi) is 4.61. The molecular weight excluding hydrogens is 277 g/mol. The van der Waals surface area contributed by atoms with Crippen molar-refractivity contribution in [2.24, 2.45) is 0 Å². The van der Waals surface area contributed by atoms with E-state index in [1.807, 2.05) is 31.2 Å². The summed E-state index contributed by atoms with van der Waals surface area (Å²) in [6, 6.07) is 7.74. The first kappa shape index (κ1) is 12.5. The van der Waals surface area contributed by atoms with Gasteiger partial charge in [-0.3, -0.25) is 4.79 Å². The highest BCUT2D eigenvalue weighted by molar-refractivity contribution is 9.10. The SMILES string of the molecule is CC(Cl)C(=O)N[C@@H](C)c1ccccc1Br. The van der Waals surface area contributed by atoms with E-state index in [4.69, 9.17) is 11.6 Å². The first-order chi connectivity index (χ1) is 7.02. The van der Waals surface area contributed by atoms with Crippen LogP contribution in [0.3, 0.4) is 0 Å². The molecule has 1 unspecified atom stereocenters. The maximum absolute atomic E-state index is 11.4. The summed E-state index contributed by atoms with van der Waals surface area (Å²) >= 11 is 9.12. The number of carbonyl (C=O) groups is 1. The number of nitrogens with one attached hydrogen (secondary N) is 1. The third-order valence-corrected chi connectivity index (χ3v) is 3.01. The predicted octanol–water partition coefficient (Wildman–Crippen LogP) is 3.25. The van der Waals surface area contributed by atoms with E-state index in [1.54, 1.807) is 6.92 Å². The van der Waals surface area contributed by atoms with Crippen LogP contribution in [-0.2, 0) is 4.79 Å². The molecule has 1 amide bonds. The van der Waals surface area contributed by atoms with Crippen LogP contribution in [0.4, 0.5) is 0 Å². The Bertz CT molecular complexity index is 354. The van der Waals surface area contributed by atoms with Crippen molar-refractivity contribution in [3.05, 3.63) is 34.3 Å². The summed E-state index contributed by atoms with van der Waals surface area (Å²) in [5.41, 5.74) is 1.04. The van der Waals surface area contributed by atoms with Gasteiger partial charge in [0.15, 0.2) is 0 Å². The van der Waals surface area contributed by atoms with Crippen LogP contribution >= 0.6 is 27.5 Å². The van der Waals surface area contributed by atoms with Gasteiger partial charge in [-0.1, -0.05) is 34.1 Å². The molecule has 82 valence electrons. The third-order valence-electron chi connectivity index (χ3n) is 2.09. The molecule has 0 saturated heterocycles. The molecule has 0 fully saturated rings. The van der Waals surface area contributed by atoms with Gasteiger partial charge in [0, 0.05) is 4.47 Å².